The van der Waals surface area contributed by atoms with E-state index in [1.807, 2.05) is 31.2 Å². The highest BCUT2D eigenvalue weighted by Gasteiger charge is 2.38. The molecule has 0 amide bonds. The third-order valence-corrected chi connectivity index (χ3v) is 5.42. The smallest absolute Gasteiger partial charge is 0.162 e. The topological polar surface area (TPSA) is 73.1 Å². The monoisotopic (exact) mass is 356 g/mol. The van der Waals surface area contributed by atoms with Crippen LogP contribution in [0.4, 0.5) is 0 Å². The highest BCUT2D eigenvalue weighted by molar-refractivity contribution is 6.00. The van der Waals surface area contributed by atoms with E-state index in [1.165, 1.54) is 0 Å². The molecule has 0 bridgehead atoms. The van der Waals surface area contributed by atoms with Crippen LogP contribution in [0, 0.1) is 11.3 Å². The number of allylic oxidation sites excluding steroid dienone is 4. The van der Waals surface area contributed by atoms with Crippen molar-refractivity contribution in [1.82, 2.24) is 5.32 Å². The number of hydrogen-bond acceptors (Lipinski definition) is 4. The van der Waals surface area contributed by atoms with Crippen molar-refractivity contribution >= 4 is 5.78 Å². The van der Waals surface area contributed by atoms with Crippen LogP contribution in [0.15, 0.2) is 77.1 Å². The summed E-state index contributed by atoms with van der Waals surface area (Å²) in [5.41, 5.74) is 4.78. The van der Waals surface area contributed by atoms with Crippen LogP contribution in [-0.2, 0) is 4.79 Å². The van der Waals surface area contributed by atoms with Gasteiger partial charge in [0, 0.05) is 23.4 Å². The van der Waals surface area contributed by atoms with E-state index in [1.54, 1.807) is 18.2 Å². The van der Waals surface area contributed by atoms with Crippen molar-refractivity contribution in [2.75, 3.05) is 0 Å². The number of nitriles is 1. The minimum absolute atomic E-state index is 0.0613. The van der Waals surface area contributed by atoms with Gasteiger partial charge >= 0.3 is 0 Å². The quantitative estimate of drug-likeness (QED) is 0.842. The van der Waals surface area contributed by atoms with Crippen LogP contribution < -0.4 is 5.32 Å². The molecule has 1 aliphatic carbocycles. The number of phenolic OH excluding ortho intramolecular Hbond substituents is 1. The predicted octanol–water partition coefficient (Wildman–Crippen LogP) is 4.28. The molecule has 27 heavy (non-hydrogen) atoms. The summed E-state index contributed by atoms with van der Waals surface area (Å²) in [7, 11) is 0. The molecule has 0 spiro atoms. The highest BCUT2D eigenvalue weighted by atomic mass is 16.3. The number of benzene rings is 2. The molecule has 2 aliphatic rings. The van der Waals surface area contributed by atoms with E-state index in [9.17, 15) is 15.2 Å². The largest absolute Gasteiger partial charge is 0.508 e. The number of carbonyl (C=O) groups is 1. The summed E-state index contributed by atoms with van der Waals surface area (Å²) in [6.07, 6.45) is 1.16. The van der Waals surface area contributed by atoms with Crippen molar-refractivity contribution in [3.8, 4) is 11.8 Å². The Morgan fingerprint density at radius 2 is 1.81 bits per heavy atom. The Morgan fingerprint density at radius 1 is 1.07 bits per heavy atom. The van der Waals surface area contributed by atoms with Crippen LogP contribution in [0.2, 0.25) is 0 Å². The Morgan fingerprint density at radius 3 is 2.52 bits per heavy atom. The van der Waals surface area contributed by atoms with Crippen molar-refractivity contribution in [2.45, 2.75) is 31.6 Å². The van der Waals surface area contributed by atoms with Gasteiger partial charge in [-0.05, 0) is 42.5 Å². The molecule has 0 fully saturated rings. The molecule has 1 heterocycles. The van der Waals surface area contributed by atoms with Crippen LogP contribution in [0.25, 0.3) is 0 Å². The summed E-state index contributed by atoms with van der Waals surface area (Å²) >= 11 is 0. The number of carbonyl (C=O) groups excluding carboxylic acids is 1. The first-order valence-electron chi connectivity index (χ1n) is 9.06. The number of rotatable bonds is 2. The lowest BCUT2D eigenvalue weighted by atomic mass is 9.72. The maximum atomic E-state index is 13.2. The highest BCUT2D eigenvalue weighted by Crippen LogP contribution is 2.45. The number of dihydropyridines is 1. The van der Waals surface area contributed by atoms with E-state index in [0.717, 1.165) is 28.9 Å². The maximum absolute atomic E-state index is 13.2. The fraction of sp³-hybridized carbons (Fsp3) is 0.217. The van der Waals surface area contributed by atoms with Crippen molar-refractivity contribution in [2.24, 2.45) is 0 Å². The lowest BCUT2D eigenvalue weighted by Crippen LogP contribution is -2.33. The summed E-state index contributed by atoms with van der Waals surface area (Å²) in [5.74, 6) is -0.103. The summed E-state index contributed by atoms with van der Waals surface area (Å²) in [5, 5.41) is 22.9. The van der Waals surface area contributed by atoms with Crippen molar-refractivity contribution in [1.29, 1.82) is 5.26 Å². The zero-order chi connectivity index (χ0) is 19.0. The number of aromatic hydroxyl groups is 1. The molecule has 4 rings (SSSR count). The Bertz CT molecular complexity index is 1010. The summed E-state index contributed by atoms with van der Waals surface area (Å²) in [4.78, 5) is 13.2. The molecule has 0 radical (unpaired) electrons. The van der Waals surface area contributed by atoms with Gasteiger partial charge in [0.05, 0.1) is 17.6 Å². The Labute approximate surface area is 158 Å². The number of nitrogens with zero attached hydrogens (tertiary/aromatic N) is 1. The predicted molar refractivity (Wildman–Crippen MR) is 103 cm³/mol. The maximum Gasteiger partial charge on any atom is 0.162 e. The third-order valence-electron chi connectivity index (χ3n) is 5.42. The molecule has 0 saturated carbocycles. The Kier molecular flexibility index (Phi) is 4.29. The average Bonchev–Trinajstić information content (AvgIpc) is 2.67. The van der Waals surface area contributed by atoms with Gasteiger partial charge in [0.25, 0.3) is 0 Å². The fourth-order valence-electron chi connectivity index (χ4n) is 4.19. The van der Waals surface area contributed by atoms with E-state index >= 15 is 0 Å². The number of nitrogens with one attached hydrogen (secondary N) is 1. The molecule has 2 atom stereocenters. The van der Waals surface area contributed by atoms with Gasteiger partial charge in [-0.2, -0.15) is 5.26 Å². The van der Waals surface area contributed by atoms with Crippen LogP contribution in [-0.4, -0.2) is 10.9 Å². The van der Waals surface area contributed by atoms with Gasteiger partial charge in [-0.15, -0.1) is 0 Å². The molecule has 4 nitrogen and oxygen atoms in total. The lowest BCUT2D eigenvalue weighted by Gasteiger charge is -2.35. The first-order valence-corrected chi connectivity index (χ1v) is 9.06. The zero-order valence-electron chi connectivity index (χ0n) is 15.1. The zero-order valence-corrected chi connectivity index (χ0v) is 15.1. The van der Waals surface area contributed by atoms with E-state index in [-0.39, 0.29) is 17.5 Å². The molecular formula is C23H20N2O2. The molecule has 2 N–H and O–H groups in total. The Balaban J connectivity index is 1.80. The number of ketones is 1. The van der Waals surface area contributed by atoms with E-state index in [2.05, 4.69) is 23.5 Å². The van der Waals surface area contributed by atoms with Gasteiger partial charge in [-0.25, -0.2) is 0 Å². The van der Waals surface area contributed by atoms with E-state index in [0.29, 0.717) is 17.6 Å². The van der Waals surface area contributed by atoms with Gasteiger partial charge in [-0.1, -0.05) is 42.5 Å². The first-order chi connectivity index (χ1) is 13.1. The minimum atomic E-state index is -0.428. The molecule has 4 heteroatoms. The third kappa shape index (κ3) is 3.02. The van der Waals surface area contributed by atoms with Crippen LogP contribution in [0.5, 0.6) is 5.75 Å². The minimum Gasteiger partial charge on any atom is -0.508 e. The van der Waals surface area contributed by atoms with Crippen LogP contribution in [0.1, 0.15) is 42.7 Å². The standard InChI is InChI=1S/C23H20N2O2/c1-14-19(13-24)22(16-8-5-9-18(26)10-16)23-20(25-14)11-17(12-21(23)27)15-6-3-2-4-7-15/h2-10,17,22,25-26H,11-12H2,1H3/t17-,22+/m0/s1. The number of phenols is 1. The normalized spacial score (nSPS) is 22.1. The van der Waals surface area contributed by atoms with E-state index < -0.39 is 5.92 Å². The second-order valence-electron chi connectivity index (χ2n) is 7.13. The summed E-state index contributed by atoms with van der Waals surface area (Å²) < 4.78 is 0. The second kappa shape index (κ2) is 6.77. The lowest BCUT2D eigenvalue weighted by molar-refractivity contribution is -0.116. The van der Waals surface area contributed by atoms with Crippen LogP contribution in [0.3, 0.4) is 0 Å². The molecule has 1 aliphatic heterocycles. The first kappa shape index (κ1) is 17.1. The summed E-state index contributed by atoms with van der Waals surface area (Å²) in [6.45, 7) is 1.87. The van der Waals surface area contributed by atoms with Gasteiger partial charge in [0.15, 0.2) is 5.78 Å². The number of hydrogen-bond donors (Lipinski definition) is 2. The number of Topliss-reactive ketones (excluding diaryl/α,β-unsaturated/α-hetero) is 1. The van der Waals surface area contributed by atoms with Crippen LogP contribution >= 0.6 is 0 Å². The molecule has 134 valence electrons. The molecule has 0 saturated heterocycles. The van der Waals surface area contributed by atoms with Crippen molar-refractivity contribution in [3.05, 3.63) is 88.3 Å². The van der Waals surface area contributed by atoms with E-state index in [4.69, 9.17) is 0 Å². The van der Waals surface area contributed by atoms with Gasteiger partial charge in [0.2, 0.25) is 0 Å². The van der Waals surface area contributed by atoms with Gasteiger partial charge in [-0.3, -0.25) is 4.79 Å². The fourth-order valence-corrected chi connectivity index (χ4v) is 4.19. The van der Waals surface area contributed by atoms with Gasteiger partial charge in [0.1, 0.15) is 5.75 Å². The average molecular weight is 356 g/mol. The van der Waals surface area contributed by atoms with Crippen molar-refractivity contribution in [3.63, 3.8) is 0 Å². The SMILES string of the molecule is CC1=C(C#N)[C@@H](c2cccc(O)c2)C2=C(C[C@H](c3ccccc3)CC2=O)N1. The Hall–Kier alpha value is -3.32. The van der Waals surface area contributed by atoms with Crippen molar-refractivity contribution < 1.29 is 9.90 Å². The summed E-state index contributed by atoms with van der Waals surface area (Å²) in [6, 6.07) is 19.2. The van der Waals surface area contributed by atoms with Gasteiger partial charge < -0.3 is 10.4 Å². The molecule has 2 aromatic rings. The molecule has 2 aromatic carbocycles. The molecule has 0 aromatic heterocycles. The molecule has 0 unspecified atom stereocenters. The molecular weight excluding hydrogens is 336 g/mol. The second-order valence-corrected chi connectivity index (χ2v) is 7.13.